The molecule has 0 saturated carbocycles. The number of anilines is 2. The summed E-state index contributed by atoms with van der Waals surface area (Å²) in [6, 6.07) is 14.8. The maximum Gasteiger partial charge on any atom is 0.255 e. The van der Waals surface area contributed by atoms with Gasteiger partial charge in [0.1, 0.15) is 0 Å². The minimum absolute atomic E-state index is 0.310. The molecule has 0 aromatic heterocycles. The van der Waals surface area contributed by atoms with Crippen LogP contribution >= 0.6 is 0 Å². The van der Waals surface area contributed by atoms with Gasteiger partial charge < -0.3 is 34.3 Å². The van der Waals surface area contributed by atoms with E-state index in [1.807, 2.05) is 0 Å². The van der Waals surface area contributed by atoms with Crippen molar-refractivity contribution in [1.82, 2.24) is 0 Å². The lowest BCUT2D eigenvalue weighted by Gasteiger charge is -2.14. The second-order valence-corrected chi connectivity index (χ2v) is 6.97. The molecule has 3 aromatic carbocycles. The standard InChI is InChI=1S/C25H26N2O7/c1-30-19-11-6-15(12-20(19)31-2)24(28)26-17-7-9-18(10-8-17)27-25(29)16-13-21(32-3)23(34-5)22(14-16)33-4/h6-14H,1-5H3,(H,26,28)(H,27,29). The third-order valence-electron chi connectivity index (χ3n) is 4.97. The summed E-state index contributed by atoms with van der Waals surface area (Å²) in [5.74, 6) is 1.47. The van der Waals surface area contributed by atoms with Gasteiger partial charge in [0, 0.05) is 22.5 Å². The smallest absolute Gasteiger partial charge is 0.255 e. The number of nitrogens with one attached hydrogen (secondary N) is 2. The number of hydrogen-bond acceptors (Lipinski definition) is 7. The molecule has 3 aromatic rings. The minimum atomic E-state index is -0.360. The Balaban J connectivity index is 1.70. The lowest BCUT2D eigenvalue weighted by atomic mass is 10.1. The molecule has 9 nitrogen and oxygen atoms in total. The molecule has 0 aliphatic heterocycles. The summed E-state index contributed by atoms with van der Waals surface area (Å²) in [6.07, 6.45) is 0. The highest BCUT2D eigenvalue weighted by atomic mass is 16.5. The third-order valence-corrected chi connectivity index (χ3v) is 4.97. The number of rotatable bonds is 9. The van der Waals surface area contributed by atoms with E-state index < -0.39 is 0 Å². The van der Waals surface area contributed by atoms with Crippen LogP contribution in [0.5, 0.6) is 28.7 Å². The molecule has 0 bridgehead atoms. The van der Waals surface area contributed by atoms with Crippen LogP contribution in [0.2, 0.25) is 0 Å². The molecule has 0 saturated heterocycles. The summed E-state index contributed by atoms with van der Waals surface area (Å²) in [5, 5.41) is 5.61. The van der Waals surface area contributed by atoms with E-state index in [0.717, 1.165) is 0 Å². The molecule has 0 fully saturated rings. The summed E-state index contributed by atoms with van der Waals surface area (Å²) < 4.78 is 26.3. The van der Waals surface area contributed by atoms with Gasteiger partial charge >= 0.3 is 0 Å². The Kier molecular flexibility index (Phi) is 7.81. The Labute approximate surface area is 197 Å². The number of carbonyl (C=O) groups excluding carboxylic acids is 2. The first kappa shape index (κ1) is 24.2. The van der Waals surface area contributed by atoms with E-state index in [4.69, 9.17) is 23.7 Å². The van der Waals surface area contributed by atoms with Gasteiger partial charge in [-0.05, 0) is 54.6 Å². The fraction of sp³-hybridized carbons (Fsp3) is 0.200. The van der Waals surface area contributed by atoms with Gasteiger partial charge in [0.2, 0.25) is 5.75 Å². The lowest BCUT2D eigenvalue weighted by Crippen LogP contribution is -2.14. The van der Waals surface area contributed by atoms with E-state index in [1.165, 1.54) is 35.5 Å². The zero-order valence-corrected chi connectivity index (χ0v) is 19.6. The highest BCUT2D eigenvalue weighted by molar-refractivity contribution is 6.06. The van der Waals surface area contributed by atoms with Crippen LogP contribution in [0.3, 0.4) is 0 Å². The number of ether oxygens (including phenoxy) is 5. The van der Waals surface area contributed by atoms with Crippen LogP contribution in [0, 0.1) is 0 Å². The highest BCUT2D eigenvalue weighted by Gasteiger charge is 2.17. The van der Waals surface area contributed by atoms with Crippen LogP contribution in [-0.4, -0.2) is 47.4 Å². The first-order valence-electron chi connectivity index (χ1n) is 10.2. The largest absolute Gasteiger partial charge is 0.493 e. The second kappa shape index (κ2) is 11.0. The monoisotopic (exact) mass is 466 g/mol. The Bertz CT molecular complexity index is 1150. The van der Waals surface area contributed by atoms with Crippen molar-refractivity contribution in [3.8, 4) is 28.7 Å². The molecule has 0 heterocycles. The summed E-state index contributed by atoms with van der Waals surface area (Å²) >= 11 is 0. The number of benzene rings is 3. The van der Waals surface area contributed by atoms with Crippen molar-refractivity contribution in [1.29, 1.82) is 0 Å². The van der Waals surface area contributed by atoms with Gasteiger partial charge in [-0.1, -0.05) is 0 Å². The molecule has 0 aliphatic carbocycles. The van der Waals surface area contributed by atoms with Crippen molar-refractivity contribution >= 4 is 23.2 Å². The van der Waals surface area contributed by atoms with Crippen LogP contribution in [0.25, 0.3) is 0 Å². The van der Waals surface area contributed by atoms with Crippen molar-refractivity contribution in [2.45, 2.75) is 0 Å². The normalized spacial score (nSPS) is 10.1. The molecular formula is C25H26N2O7. The van der Waals surface area contributed by atoms with Gasteiger partial charge in [0.15, 0.2) is 23.0 Å². The topological polar surface area (TPSA) is 104 Å². The van der Waals surface area contributed by atoms with E-state index in [1.54, 1.807) is 54.6 Å². The van der Waals surface area contributed by atoms with E-state index in [0.29, 0.717) is 51.2 Å². The first-order chi connectivity index (χ1) is 16.4. The molecule has 34 heavy (non-hydrogen) atoms. The van der Waals surface area contributed by atoms with Gasteiger partial charge in [-0.15, -0.1) is 0 Å². The molecule has 0 aliphatic rings. The van der Waals surface area contributed by atoms with E-state index in [2.05, 4.69) is 10.6 Å². The highest BCUT2D eigenvalue weighted by Crippen LogP contribution is 2.38. The SMILES string of the molecule is COc1ccc(C(=O)Nc2ccc(NC(=O)c3cc(OC)c(OC)c(OC)c3)cc2)cc1OC. The summed E-state index contributed by atoms with van der Waals surface area (Å²) in [5.41, 5.74) is 1.85. The molecule has 0 radical (unpaired) electrons. The summed E-state index contributed by atoms with van der Waals surface area (Å²) in [6.45, 7) is 0. The summed E-state index contributed by atoms with van der Waals surface area (Å²) in [4.78, 5) is 25.3. The molecule has 2 amide bonds. The van der Waals surface area contributed by atoms with E-state index >= 15 is 0 Å². The maximum absolute atomic E-state index is 12.8. The predicted molar refractivity (Wildman–Crippen MR) is 128 cm³/mol. The fourth-order valence-electron chi connectivity index (χ4n) is 3.23. The maximum atomic E-state index is 12.8. The Hall–Kier alpha value is -4.40. The third kappa shape index (κ3) is 5.32. The second-order valence-electron chi connectivity index (χ2n) is 6.97. The van der Waals surface area contributed by atoms with Gasteiger partial charge in [-0.2, -0.15) is 0 Å². The van der Waals surface area contributed by atoms with Gasteiger partial charge in [0.25, 0.3) is 11.8 Å². The van der Waals surface area contributed by atoms with Crippen LogP contribution < -0.4 is 34.3 Å². The first-order valence-corrected chi connectivity index (χ1v) is 10.2. The van der Waals surface area contributed by atoms with E-state index in [-0.39, 0.29) is 11.8 Å². The van der Waals surface area contributed by atoms with Crippen molar-refractivity contribution in [3.63, 3.8) is 0 Å². The van der Waals surface area contributed by atoms with Crippen LogP contribution in [0.15, 0.2) is 54.6 Å². The summed E-state index contributed by atoms with van der Waals surface area (Å²) in [7, 11) is 7.48. The number of methoxy groups -OCH3 is 5. The van der Waals surface area contributed by atoms with Crippen LogP contribution in [-0.2, 0) is 0 Å². The molecule has 0 unspecified atom stereocenters. The van der Waals surface area contributed by atoms with Gasteiger partial charge in [-0.3, -0.25) is 9.59 Å². The predicted octanol–water partition coefficient (Wildman–Crippen LogP) is 4.23. The number of carbonyl (C=O) groups is 2. The molecule has 3 rings (SSSR count). The van der Waals surface area contributed by atoms with Crippen molar-refractivity contribution in [3.05, 3.63) is 65.7 Å². The zero-order chi connectivity index (χ0) is 24.7. The quantitative estimate of drug-likeness (QED) is 0.486. The molecule has 0 spiro atoms. The van der Waals surface area contributed by atoms with Gasteiger partial charge in [-0.25, -0.2) is 0 Å². The average Bonchev–Trinajstić information content (AvgIpc) is 2.88. The van der Waals surface area contributed by atoms with Crippen molar-refractivity contribution < 1.29 is 33.3 Å². The van der Waals surface area contributed by atoms with Gasteiger partial charge in [0.05, 0.1) is 35.5 Å². The fourth-order valence-corrected chi connectivity index (χ4v) is 3.23. The van der Waals surface area contributed by atoms with Crippen molar-refractivity contribution in [2.24, 2.45) is 0 Å². The molecule has 9 heteroatoms. The molecule has 178 valence electrons. The number of hydrogen-bond donors (Lipinski definition) is 2. The van der Waals surface area contributed by atoms with E-state index in [9.17, 15) is 9.59 Å². The molecule has 2 N–H and O–H groups in total. The van der Waals surface area contributed by atoms with Crippen LogP contribution in [0.4, 0.5) is 11.4 Å². The Morgan fingerprint density at radius 1 is 0.529 bits per heavy atom. The van der Waals surface area contributed by atoms with Crippen LogP contribution in [0.1, 0.15) is 20.7 Å². The minimum Gasteiger partial charge on any atom is -0.493 e. The van der Waals surface area contributed by atoms with Crippen molar-refractivity contribution in [2.75, 3.05) is 46.2 Å². The Morgan fingerprint density at radius 2 is 0.971 bits per heavy atom. The zero-order valence-electron chi connectivity index (χ0n) is 19.6. The molecular weight excluding hydrogens is 440 g/mol. The number of amides is 2. The lowest BCUT2D eigenvalue weighted by molar-refractivity contribution is 0.101. The average molecular weight is 466 g/mol. The molecule has 0 atom stereocenters. The Morgan fingerprint density at radius 3 is 1.41 bits per heavy atom.